The Bertz CT molecular complexity index is 1080. The third-order valence-electron chi connectivity index (χ3n) is 4.06. The van der Waals surface area contributed by atoms with Crippen LogP contribution < -0.4 is 5.32 Å². The Hall–Kier alpha value is -3.81. The number of hydrogen-bond acceptors (Lipinski definition) is 6. The molecule has 8 nitrogen and oxygen atoms in total. The van der Waals surface area contributed by atoms with E-state index in [4.69, 9.17) is 4.52 Å². The number of benzene rings is 1. The summed E-state index contributed by atoms with van der Waals surface area (Å²) in [6.45, 7) is 4.00. The highest BCUT2D eigenvalue weighted by atomic mass is 16.5. The molecule has 3 aromatic heterocycles. The number of nitrogens with zero attached hydrogens (tertiary/aromatic N) is 5. The van der Waals surface area contributed by atoms with Crippen molar-refractivity contribution in [1.29, 1.82) is 0 Å². The van der Waals surface area contributed by atoms with Gasteiger partial charge in [0.1, 0.15) is 17.8 Å². The molecule has 0 spiro atoms. The Morgan fingerprint density at radius 2 is 1.93 bits per heavy atom. The van der Waals surface area contributed by atoms with Gasteiger partial charge in [0.25, 0.3) is 11.8 Å². The van der Waals surface area contributed by atoms with Crippen LogP contribution in [0.15, 0.2) is 65.7 Å². The maximum Gasteiger partial charge on any atom is 0.275 e. The lowest BCUT2D eigenvalue weighted by molar-refractivity contribution is 0.102. The standard InChI is InChI=1S/C20H18N6O2/c1-13(2)18-24-20(28-25-18)14-8-9-17(21-10-14)26-11-16(22-12-26)19(27)23-15-6-4-3-5-7-15/h3-13H,1-2H3,(H,23,27). The molecular formula is C20H18N6O2. The topological polar surface area (TPSA) is 98.7 Å². The number of amides is 1. The summed E-state index contributed by atoms with van der Waals surface area (Å²) in [5.74, 6) is 1.61. The van der Waals surface area contributed by atoms with Crippen molar-refractivity contribution < 1.29 is 9.32 Å². The minimum absolute atomic E-state index is 0.191. The summed E-state index contributed by atoms with van der Waals surface area (Å²) in [6, 6.07) is 12.9. The zero-order chi connectivity index (χ0) is 19.5. The van der Waals surface area contributed by atoms with Crippen molar-refractivity contribution >= 4 is 11.6 Å². The predicted octanol–water partition coefficient (Wildman–Crippen LogP) is 3.69. The SMILES string of the molecule is CC(C)c1noc(-c2ccc(-n3cnc(C(=O)Nc4ccccc4)c3)nc2)n1. The average Bonchev–Trinajstić information content (AvgIpc) is 3.39. The molecule has 0 unspecified atom stereocenters. The highest BCUT2D eigenvalue weighted by molar-refractivity contribution is 6.02. The molecule has 140 valence electrons. The van der Waals surface area contributed by atoms with Gasteiger partial charge in [-0.1, -0.05) is 37.2 Å². The Balaban J connectivity index is 1.49. The Morgan fingerprint density at radius 3 is 2.61 bits per heavy atom. The van der Waals surface area contributed by atoms with Gasteiger partial charge in [0.2, 0.25) is 0 Å². The number of nitrogens with one attached hydrogen (secondary N) is 1. The van der Waals surface area contributed by atoms with E-state index < -0.39 is 0 Å². The van der Waals surface area contributed by atoms with Crippen LogP contribution in [0.4, 0.5) is 5.69 Å². The van der Waals surface area contributed by atoms with Gasteiger partial charge in [-0.15, -0.1) is 0 Å². The van der Waals surface area contributed by atoms with Crippen LogP contribution >= 0.6 is 0 Å². The Labute approximate surface area is 161 Å². The molecule has 0 aliphatic carbocycles. The van der Waals surface area contributed by atoms with Gasteiger partial charge in [-0.25, -0.2) is 9.97 Å². The van der Waals surface area contributed by atoms with E-state index in [0.717, 1.165) is 5.56 Å². The molecule has 0 radical (unpaired) electrons. The molecule has 1 N–H and O–H groups in total. The summed E-state index contributed by atoms with van der Waals surface area (Å²) in [6.07, 6.45) is 4.83. The van der Waals surface area contributed by atoms with Gasteiger partial charge in [0.05, 0.1) is 5.56 Å². The van der Waals surface area contributed by atoms with Crippen LogP contribution in [-0.4, -0.2) is 30.6 Å². The largest absolute Gasteiger partial charge is 0.334 e. The van der Waals surface area contributed by atoms with Crippen LogP contribution in [0.1, 0.15) is 36.1 Å². The molecule has 0 bridgehead atoms. The second-order valence-electron chi connectivity index (χ2n) is 6.50. The minimum atomic E-state index is -0.284. The van der Waals surface area contributed by atoms with Crippen molar-refractivity contribution in [3.05, 3.63) is 72.7 Å². The highest BCUT2D eigenvalue weighted by Gasteiger charge is 2.13. The van der Waals surface area contributed by atoms with Gasteiger partial charge in [-0.3, -0.25) is 9.36 Å². The summed E-state index contributed by atoms with van der Waals surface area (Å²) >= 11 is 0. The molecule has 0 fully saturated rings. The normalized spacial score (nSPS) is 11.0. The van der Waals surface area contributed by atoms with Crippen molar-refractivity contribution in [2.24, 2.45) is 0 Å². The van der Waals surface area contributed by atoms with Crippen LogP contribution in [0.5, 0.6) is 0 Å². The van der Waals surface area contributed by atoms with Gasteiger partial charge >= 0.3 is 0 Å². The maximum absolute atomic E-state index is 12.3. The molecule has 0 aliphatic rings. The first kappa shape index (κ1) is 17.6. The third kappa shape index (κ3) is 3.66. The smallest absolute Gasteiger partial charge is 0.275 e. The summed E-state index contributed by atoms with van der Waals surface area (Å²) in [7, 11) is 0. The minimum Gasteiger partial charge on any atom is -0.334 e. The second-order valence-corrected chi connectivity index (χ2v) is 6.50. The van der Waals surface area contributed by atoms with E-state index in [0.29, 0.717) is 28.9 Å². The van der Waals surface area contributed by atoms with E-state index in [1.165, 1.54) is 0 Å². The molecule has 0 saturated heterocycles. The summed E-state index contributed by atoms with van der Waals surface area (Å²) in [4.78, 5) is 25.2. The summed E-state index contributed by atoms with van der Waals surface area (Å²) in [5.41, 5.74) is 1.74. The number of carbonyl (C=O) groups excluding carboxylic acids is 1. The van der Waals surface area contributed by atoms with E-state index in [-0.39, 0.29) is 11.8 Å². The predicted molar refractivity (Wildman–Crippen MR) is 103 cm³/mol. The molecule has 0 atom stereocenters. The molecular weight excluding hydrogens is 356 g/mol. The van der Waals surface area contributed by atoms with Crippen molar-refractivity contribution in [2.45, 2.75) is 19.8 Å². The summed E-state index contributed by atoms with van der Waals surface area (Å²) < 4.78 is 6.95. The van der Waals surface area contributed by atoms with Gasteiger partial charge in [-0.2, -0.15) is 4.98 Å². The zero-order valence-corrected chi connectivity index (χ0v) is 15.4. The van der Waals surface area contributed by atoms with Gasteiger partial charge < -0.3 is 9.84 Å². The van der Waals surface area contributed by atoms with Gasteiger partial charge in [-0.05, 0) is 24.3 Å². The molecule has 0 saturated carbocycles. The van der Waals surface area contributed by atoms with Crippen LogP contribution in [0.3, 0.4) is 0 Å². The molecule has 4 aromatic rings. The van der Waals surface area contributed by atoms with E-state index in [1.54, 1.807) is 29.4 Å². The van der Waals surface area contributed by atoms with E-state index in [1.807, 2.05) is 50.2 Å². The third-order valence-corrected chi connectivity index (χ3v) is 4.06. The molecule has 1 amide bonds. The monoisotopic (exact) mass is 374 g/mol. The second kappa shape index (κ2) is 7.43. The maximum atomic E-state index is 12.3. The fourth-order valence-electron chi connectivity index (χ4n) is 2.53. The van der Waals surface area contributed by atoms with Crippen LogP contribution in [0, 0.1) is 0 Å². The van der Waals surface area contributed by atoms with Gasteiger partial charge in [0.15, 0.2) is 5.82 Å². The zero-order valence-electron chi connectivity index (χ0n) is 15.4. The fraction of sp³-hybridized carbons (Fsp3) is 0.150. The number of anilines is 1. The van der Waals surface area contributed by atoms with Crippen molar-refractivity contribution in [2.75, 3.05) is 5.32 Å². The number of rotatable bonds is 5. The van der Waals surface area contributed by atoms with Crippen LogP contribution in [0.25, 0.3) is 17.3 Å². The average molecular weight is 374 g/mol. The molecule has 28 heavy (non-hydrogen) atoms. The lowest BCUT2D eigenvalue weighted by atomic mass is 10.2. The molecule has 1 aromatic carbocycles. The quantitative estimate of drug-likeness (QED) is 0.572. The molecule has 0 aliphatic heterocycles. The number of para-hydroxylation sites is 1. The van der Waals surface area contributed by atoms with Gasteiger partial charge in [0, 0.05) is 24.0 Å². The lowest BCUT2D eigenvalue weighted by Crippen LogP contribution is -2.12. The van der Waals surface area contributed by atoms with Crippen LogP contribution in [-0.2, 0) is 0 Å². The number of carbonyl (C=O) groups is 1. The first-order valence-corrected chi connectivity index (χ1v) is 8.81. The number of imidazole rings is 1. The van der Waals surface area contributed by atoms with Crippen molar-refractivity contribution in [1.82, 2.24) is 24.7 Å². The number of hydrogen-bond donors (Lipinski definition) is 1. The molecule has 3 heterocycles. The lowest BCUT2D eigenvalue weighted by Gasteiger charge is -2.02. The van der Waals surface area contributed by atoms with E-state index >= 15 is 0 Å². The fourth-order valence-corrected chi connectivity index (χ4v) is 2.53. The molecule has 4 rings (SSSR count). The number of aromatic nitrogens is 5. The first-order valence-electron chi connectivity index (χ1n) is 8.81. The molecule has 8 heteroatoms. The number of pyridine rings is 1. The van der Waals surface area contributed by atoms with E-state index in [9.17, 15) is 4.79 Å². The first-order chi connectivity index (χ1) is 13.6. The Kier molecular flexibility index (Phi) is 4.67. The van der Waals surface area contributed by atoms with Crippen molar-refractivity contribution in [3.8, 4) is 17.3 Å². The highest BCUT2D eigenvalue weighted by Crippen LogP contribution is 2.20. The van der Waals surface area contributed by atoms with Crippen LogP contribution in [0.2, 0.25) is 0 Å². The van der Waals surface area contributed by atoms with E-state index in [2.05, 4.69) is 25.4 Å². The summed E-state index contributed by atoms with van der Waals surface area (Å²) in [5, 5.41) is 6.76. The Morgan fingerprint density at radius 1 is 1.11 bits per heavy atom. The van der Waals surface area contributed by atoms with Crippen molar-refractivity contribution in [3.63, 3.8) is 0 Å².